The molecule has 0 N–H and O–H groups in total. The van der Waals surface area contributed by atoms with Gasteiger partial charge in [0.15, 0.2) is 5.15 Å². The number of hydrogen-bond acceptors (Lipinski definition) is 4. The van der Waals surface area contributed by atoms with Crippen LogP contribution in [0.1, 0.15) is 45.4 Å². The number of nitrogens with zero attached hydrogens (tertiary/aromatic N) is 4. The quantitative estimate of drug-likeness (QED) is 0.794. The minimum absolute atomic E-state index is 0.336. The number of aryl methyl sites for hydroxylation is 2. The molecule has 6 nitrogen and oxygen atoms in total. The maximum Gasteiger partial charge on any atom is 0.429 e. The van der Waals surface area contributed by atoms with E-state index in [4.69, 9.17) is 16.3 Å². The van der Waals surface area contributed by atoms with Gasteiger partial charge in [-0.1, -0.05) is 18.5 Å². The Morgan fingerprint density at radius 3 is 2.61 bits per heavy atom. The molecule has 0 radical (unpaired) electrons. The van der Waals surface area contributed by atoms with E-state index >= 15 is 0 Å². The molecule has 2 aromatic heterocycles. The van der Waals surface area contributed by atoms with Crippen LogP contribution in [0.5, 0.6) is 0 Å². The average Bonchev–Trinajstić information content (AvgIpc) is 2.85. The maximum absolute atomic E-state index is 12.6. The number of hydrogen-bond donors (Lipinski definition) is 0. The van der Waals surface area contributed by atoms with Crippen molar-refractivity contribution in [1.82, 2.24) is 14.6 Å². The van der Waals surface area contributed by atoms with Gasteiger partial charge in [0.2, 0.25) is 0 Å². The van der Waals surface area contributed by atoms with Crippen molar-refractivity contribution in [2.75, 3.05) is 11.6 Å². The van der Waals surface area contributed by atoms with Gasteiger partial charge in [0.25, 0.3) is 0 Å². The zero-order valence-corrected chi connectivity index (χ0v) is 15.2. The summed E-state index contributed by atoms with van der Waals surface area (Å²) < 4.78 is 7.23. The average molecular weight is 339 g/mol. The molecule has 0 fully saturated rings. The van der Waals surface area contributed by atoms with E-state index in [1.165, 1.54) is 0 Å². The third kappa shape index (κ3) is 3.58. The molecule has 0 saturated heterocycles. The number of amides is 1. The molecule has 2 heterocycles. The molecule has 0 saturated carbocycles. The maximum atomic E-state index is 12.6. The lowest BCUT2D eigenvalue weighted by Crippen LogP contribution is -2.44. The van der Waals surface area contributed by atoms with Crippen LogP contribution < -0.4 is 5.01 Å². The summed E-state index contributed by atoms with van der Waals surface area (Å²) in [5.74, 6) is 0. The van der Waals surface area contributed by atoms with Crippen molar-refractivity contribution < 1.29 is 9.53 Å². The second kappa shape index (κ2) is 6.35. The van der Waals surface area contributed by atoms with Gasteiger partial charge in [-0.15, -0.1) is 0 Å². The van der Waals surface area contributed by atoms with Gasteiger partial charge in [-0.25, -0.2) is 24.4 Å². The van der Waals surface area contributed by atoms with Crippen LogP contribution in [0, 0.1) is 13.8 Å². The molecule has 126 valence electrons. The largest absolute Gasteiger partial charge is 0.442 e. The van der Waals surface area contributed by atoms with Crippen molar-refractivity contribution in [1.29, 1.82) is 0 Å². The van der Waals surface area contributed by atoms with Gasteiger partial charge in [0, 0.05) is 12.2 Å². The molecule has 23 heavy (non-hydrogen) atoms. The van der Waals surface area contributed by atoms with E-state index in [0.29, 0.717) is 17.2 Å². The molecule has 0 aliphatic heterocycles. The van der Waals surface area contributed by atoms with Crippen molar-refractivity contribution in [3.63, 3.8) is 0 Å². The molecule has 0 atom stereocenters. The van der Waals surface area contributed by atoms with Gasteiger partial charge in [0.05, 0.1) is 5.52 Å². The highest BCUT2D eigenvalue weighted by molar-refractivity contribution is 6.33. The second-order valence-electron chi connectivity index (χ2n) is 6.50. The first-order valence-electron chi connectivity index (χ1n) is 7.66. The van der Waals surface area contributed by atoms with E-state index in [1.54, 1.807) is 16.0 Å². The molecule has 0 bridgehead atoms. The number of pyridine rings is 1. The molecule has 1 amide bonds. The Morgan fingerprint density at radius 2 is 2.04 bits per heavy atom. The Balaban J connectivity index is 2.56. The SMILES string of the molecule is CCCN(C(=O)OC(C)(C)C)n1cnc2c(Cl)nc(C)c(C)c21. The third-order valence-corrected chi connectivity index (χ3v) is 3.67. The molecule has 0 aliphatic carbocycles. The van der Waals surface area contributed by atoms with Crippen molar-refractivity contribution in [3.8, 4) is 0 Å². The summed E-state index contributed by atoms with van der Waals surface area (Å²) in [6.07, 6.45) is 1.96. The molecular formula is C16H23ClN4O2. The predicted molar refractivity (Wildman–Crippen MR) is 91.6 cm³/mol. The van der Waals surface area contributed by atoms with Crippen LogP contribution in [0.4, 0.5) is 4.79 Å². The van der Waals surface area contributed by atoms with Crippen molar-refractivity contribution in [3.05, 3.63) is 22.7 Å². The zero-order valence-electron chi connectivity index (χ0n) is 14.5. The van der Waals surface area contributed by atoms with E-state index in [0.717, 1.165) is 23.2 Å². The van der Waals surface area contributed by atoms with Gasteiger partial charge >= 0.3 is 6.09 Å². The summed E-state index contributed by atoms with van der Waals surface area (Å²) in [4.78, 5) is 21.2. The Morgan fingerprint density at radius 1 is 1.39 bits per heavy atom. The minimum atomic E-state index is -0.566. The lowest BCUT2D eigenvalue weighted by molar-refractivity contribution is 0.0540. The number of halogens is 1. The number of rotatable bonds is 3. The monoisotopic (exact) mass is 338 g/mol. The molecule has 0 aliphatic rings. The van der Waals surface area contributed by atoms with Crippen molar-refractivity contribution in [2.24, 2.45) is 0 Å². The molecule has 2 aromatic rings. The van der Waals surface area contributed by atoms with Gasteiger partial charge in [0.1, 0.15) is 17.4 Å². The van der Waals surface area contributed by atoms with Crippen LogP contribution in [0.3, 0.4) is 0 Å². The predicted octanol–water partition coefficient (Wildman–Crippen LogP) is 3.98. The standard InChI is InChI=1S/C16H23ClN4O2/c1-7-8-20(15(22)23-16(4,5)6)21-9-18-12-13(21)10(2)11(3)19-14(12)17/h9H,7-8H2,1-6H3. The van der Waals surface area contributed by atoms with Crippen molar-refractivity contribution in [2.45, 2.75) is 53.6 Å². The first-order chi connectivity index (χ1) is 10.7. The van der Waals surface area contributed by atoms with E-state index < -0.39 is 11.7 Å². The van der Waals surface area contributed by atoms with Crippen LogP contribution in [-0.2, 0) is 4.74 Å². The highest BCUT2D eigenvalue weighted by atomic mass is 35.5. The fourth-order valence-corrected chi connectivity index (χ4v) is 2.56. The van der Waals surface area contributed by atoms with Crippen LogP contribution in [0.15, 0.2) is 6.33 Å². The van der Waals surface area contributed by atoms with E-state index in [9.17, 15) is 4.79 Å². The fourth-order valence-electron chi connectivity index (χ4n) is 2.29. The summed E-state index contributed by atoms with van der Waals surface area (Å²) in [6.45, 7) is 11.9. The molecule has 0 aromatic carbocycles. The summed E-state index contributed by atoms with van der Waals surface area (Å²) in [5, 5.41) is 1.88. The van der Waals surface area contributed by atoms with Crippen LogP contribution >= 0.6 is 11.6 Å². The number of imidazole rings is 1. The van der Waals surface area contributed by atoms with Gasteiger partial charge in [-0.2, -0.15) is 0 Å². The van der Waals surface area contributed by atoms with Crippen LogP contribution in [-0.4, -0.2) is 32.9 Å². The smallest absolute Gasteiger partial charge is 0.429 e. The fraction of sp³-hybridized carbons (Fsp3) is 0.562. The minimum Gasteiger partial charge on any atom is -0.442 e. The highest BCUT2D eigenvalue weighted by Crippen LogP contribution is 2.26. The molecule has 7 heteroatoms. The van der Waals surface area contributed by atoms with E-state index in [2.05, 4.69) is 9.97 Å². The normalized spacial score (nSPS) is 11.8. The number of fused-ring (bicyclic) bond motifs is 1. The van der Waals surface area contributed by atoms with Gasteiger partial charge < -0.3 is 4.74 Å². The Bertz CT molecular complexity index is 734. The topological polar surface area (TPSA) is 60.2 Å². The summed E-state index contributed by atoms with van der Waals surface area (Å²) >= 11 is 6.19. The molecule has 2 rings (SSSR count). The molecule has 0 unspecified atom stereocenters. The Labute approximate surface area is 141 Å². The van der Waals surface area contributed by atoms with E-state index in [1.807, 2.05) is 41.5 Å². The number of carbonyl (C=O) groups excluding carboxylic acids is 1. The first kappa shape index (κ1) is 17.5. The Kier molecular flexibility index (Phi) is 4.84. The highest BCUT2D eigenvalue weighted by Gasteiger charge is 2.25. The summed E-state index contributed by atoms with van der Waals surface area (Å²) in [5.41, 5.74) is 2.54. The molecule has 0 spiro atoms. The second-order valence-corrected chi connectivity index (χ2v) is 6.86. The number of ether oxygens (including phenoxy) is 1. The van der Waals surface area contributed by atoms with E-state index in [-0.39, 0.29) is 0 Å². The lowest BCUT2D eigenvalue weighted by atomic mass is 10.2. The third-order valence-electron chi connectivity index (χ3n) is 3.41. The number of carbonyl (C=O) groups is 1. The van der Waals surface area contributed by atoms with Crippen LogP contribution in [0.25, 0.3) is 11.0 Å². The number of aromatic nitrogens is 3. The zero-order chi connectivity index (χ0) is 17.4. The van der Waals surface area contributed by atoms with Crippen molar-refractivity contribution >= 4 is 28.7 Å². The summed E-state index contributed by atoms with van der Waals surface area (Å²) in [7, 11) is 0. The first-order valence-corrected chi connectivity index (χ1v) is 8.04. The molecular weight excluding hydrogens is 316 g/mol. The van der Waals surface area contributed by atoms with Crippen LogP contribution in [0.2, 0.25) is 5.15 Å². The van der Waals surface area contributed by atoms with Gasteiger partial charge in [-0.3, -0.25) is 0 Å². The Hall–Kier alpha value is -1.82. The van der Waals surface area contributed by atoms with Gasteiger partial charge in [-0.05, 0) is 46.6 Å². The summed E-state index contributed by atoms with van der Waals surface area (Å²) in [6, 6.07) is 0. The lowest BCUT2D eigenvalue weighted by Gasteiger charge is -2.28.